The number of quaternary nitrogens is 4. The van der Waals surface area contributed by atoms with Crippen LogP contribution in [0.15, 0.2) is 50.6 Å². The fourth-order valence-electron chi connectivity index (χ4n) is 9.65. The van der Waals surface area contributed by atoms with Gasteiger partial charge in [0.15, 0.2) is 0 Å². The zero-order valence-electron chi connectivity index (χ0n) is 46.9. The minimum absolute atomic E-state index is 1.02. The zero-order chi connectivity index (χ0) is 63.7. The van der Waals surface area contributed by atoms with Gasteiger partial charge in [0.25, 0.3) is 0 Å². The fraction of sp³-hybridized carbons (Fsp3) is 0.833. The molecule has 0 amide bonds. The van der Waals surface area contributed by atoms with Crippen LogP contribution in [0, 0.1) is 23.7 Å². The van der Waals surface area contributed by atoms with E-state index >= 15 is 0 Å². The molecular formula is C48H96F24N4P4. The van der Waals surface area contributed by atoms with Gasteiger partial charge >= 0.3 is 132 Å². The summed E-state index contributed by atoms with van der Waals surface area (Å²) in [5.74, 6) is 4.07. The van der Waals surface area contributed by atoms with Crippen LogP contribution in [0.3, 0.4) is 0 Å². The Morgan fingerprint density at radius 2 is 0.450 bits per heavy atom. The van der Waals surface area contributed by atoms with Gasteiger partial charge in [-0.2, -0.15) is 0 Å². The molecule has 2 rings (SSSR count). The first-order chi connectivity index (χ1) is 35.3. The third-order valence-corrected chi connectivity index (χ3v) is 13.0. The summed E-state index contributed by atoms with van der Waals surface area (Å²) in [6.07, 6.45) is 36.5. The summed E-state index contributed by atoms with van der Waals surface area (Å²) in [5, 5.41) is 0. The maximum absolute atomic E-state index is 10.7. The molecule has 2 aliphatic rings. The van der Waals surface area contributed by atoms with Gasteiger partial charge in [0.2, 0.25) is 0 Å². The number of hydrogen-bond donors (Lipinski definition) is 4. The van der Waals surface area contributed by atoms with Crippen LogP contribution in [0.4, 0.5) is 101 Å². The van der Waals surface area contributed by atoms with Gasteiger partial charge in [-0.3, -0.25) is 0 Å². The number of nitrogens with one attached hydrogen (secondary N) is 4. The van der Waals surface area contributed by atoms with E-state index in [0.717, 1.165) is 49.9 Å². The standard InChI is InChI=1S/C26H52N2.C22H40N2.4F6P/c1-5-23-19-27(20-24(23)6-2)17-15-13-11-9-10-12-14-16-18-28-21-25(7-3)26(8-4)22-28;1-5-17-23(18-6-2)21-15-13-11-9-10-12-14-16-22-24(19-7-3)20-8-4;4*1-7(2,3,4,5)6/h23-26H,5-22H2,1-4H3;5-8H,1-4,9-22H2;;;;/q;;4*-1/p+4. The molecule has 2 heterocycles. The van der Waals surface area contributed by atoms with Crippen LogP contribution in [0.1, 0.15) is 156 Å². The SMILES string of the molecule is C=CC[NH+](CC=C)CCCCCCCCCC[NH+](CC=C)CC=C.CCC1C[NH+](CCCCCCCCCC[NH+]2CC(CC)C(CC)C2)CC1CC.F[P-](F)(F)(F)(F)F.F[P-](F)(F)(F)(F)F.F[P-](F)(F)(F)(F)F.F[P-](F)(F)(F)(F)F. The molecule has 0 radical (unpaired) electrons. The van der Waals surface area contributed by atoms with Crippen molar-refractivity contribution in [3.8, 4) is 0 Å². The fourth-order valence-corrected chi connectivity index (χ4v) is 9.65. The quantitative estimate of drug-likeness (QED) is 0.0213. The van der Waals surface area contributed by atoms with Gasteiger partial charge in [-0.05, 0) is 101 Å². The Labute approximate surface area is 459 Å². The van der Waals surface area contributed by atoms with E-state index in [4.69, 9.17) is 0 Å². The molecule has 2 aliphatic heterocycles. The molecule has 0 aliphatic carbocycles. The average molecular weight is 1310 g/mol. The summed E-state index contributed by atoms with van der Waals surface area (Å²) >= 11 is 0. The van der Waals surface area contributed by atoms with E-state index in [1.165, 1.54) is 181 Å². The predicted molar refractivity (Wildman–Crippen MR) is 286 cm³/mol. The Morgan fingerprint density at radius 1 is 0.300 bits per heavy atom. The third kappa shape index (κ3) is 93.3. The summed E-state index contributed by atoms with van der Waals surface area (Å²) in [4.78, 5) is 7.01. The van der Waals surface area contributed by atoms with Crippen molar-refractivity contribution in [3.05, 3.63) is 50.6 Å². The molecule has 0 aromatic rings. The van der Waals surface area contributed by atoms with Crippen LogP contribution in [0.2, 0.25) is 0 Å². The van der Waals surface area contributed by atoms with Crippen LogP contribution < -0.4 is 19.6 Å². The van der Waals surface area contributed by atoms with Crippen LogP contribution >= 0.6 is 31.2 Å². The molecule has 4 unspecified atom stereocenters. The molecule has 4 atom stereocenters. The third-order valence-electron chi connectivity index (χ3n) is 13.0. The van der Waals surface area contributed by atoms with Gasteiger partial charge in [0, 0.05) is 23.7 Å². The summed E-state index contributed by atoms with van der Waals surface area (Å²) in [6.45, 7) is 40.4. The number of hydrogen-bond acceptors (Lipinski definition) is 0. The molecule has 4 N–H and O–H groups in total. The van der Waals surface area contributed by atoms with Crippen molar-refractivity contribution in [1.29, 1.82) is 0 Å². The van der Waals surface area contributed by atoms with Crippen molar-refractivity contribution in [2.45, 2.75) is 156 Å². The molecule has 80 heavy (non-hydrogen) atoms. The Hall–Kier alpha value is -1.16. The number of rotatable bonds is 34. The first-order valence-corrected chi connectivity index (χ1v) is 35.4. The normalized spacial score (nSPS) is 22.9. The topological polar surface area (TPSA) is 17.8 Å². The van der Waals surface area contributed by atoms with E-state index in [9.17, 15) is 101 Å². The van der Waals surface area contributed by atoms with Crippen molar-refractivity contribution in [1.82, 2.24) is 0 Å². The van der Waals surface area contributed by atoms with Crippen molar-refractivity contribution < 1.29 is 120 Å². The van der Waals surface area contributed by atoms with Crippen LogP contribution in [-0.4, -0.2) is 78.5 Å². The number of likely N-dealkylation sites (tertiary alicyclic amines) is 2. The van der Waals surface area contributed by atoms with Crippen molar-refractivity contribution >= 4 is 31.2 Å². The van der Waals surface area contributed by atoms with Crippen LogP contribution in [0.25, 0.3) is 0 Å². The van der Waals surface area contributed by atoms with Crippen molar-refractivity contribution in [2.75, 3.05) is 78.5 Å². The van der Waals surface area contributed by atoms with Crippen molar-refractivity contribution in [3.63, 3.8) is 0 Å². The zero-order valence-corrected chi connectivity index (χ0v) is 50.5. The Bertz CT molecular complexity index is 1430. The molecule has 0 bridgehead atoms. The van der Waals surface area contributed by atoms with Gasteiger partial charge in [0.05, 0.1) is 78.5 Å². The van der Waals surface area contributed by atoms with Gasteiger partial charge in [0.1, 0.15) is 0 Å². The second-order valence-corrected chi connectivity index (χ2v) is 28.6. The maximum atomic E-state index is 9.87. The Balaban J connectivity index is -0.000000493. The molecule has 0 aromatic heterocycles. The number of unbranched alkanes of at least 4 members (excludes halogenated alkanes) is 14. The summed E-state index contributed by atoms with van der Waals surface area (Å²) < 4.78 is 237. The van der Waals surface area contributed by atoms with E-state index in [2.05, 4.69) is 54.0 Å². The second-order valence-electron chi connectivity index (χ2n) is 21.0. The summed E-state index contributed by atoms with van der Waals surface area (Å²) in [6, 6.07) is 0. The van der Waals surface area contributed by atoms with Crippen LogP contribution in [0.5, 0.6) is 0 Å². The van der Waals surface area contributed by atoms with E-state index in [-0.39, 0.29) is 0 Å². The second kappa shape index (κ2) is 32.5. The van der Waals surface area contributed by atoms with E-state index < -0.39 is 31.2 Å². The minimum atomic E-state index is -10.7. The van der Waals surface area contributed by atoms with E-state index in [0.29, 0.717) is 0 Å². The molecule has 2 saturated heterocycles. The summed E-state index contributed by atoms with van der Waals surface area (Å²) in [5.41, 5.74) is 0. The van der Waals surface area contributed by atoms with Crippen molar-refractivity contribution in [2.24, 2.45) is 23.7 Å². The molecule has 496 valence electrons. The molecule has 32 heteroatoms. The first-order valence-electron chi connectivity index (χ1n) is 27.3. The number of halogens is 24. The van der Waals surface area contributed by atoms with Crippen LogP contribution in [-0.2, 0) is 0 Å². The van der Waals surface area contributed by atoms with Gasteiger partial charge in [-0.25, -0.2) is 0 Å². The van der Waals surface area contributed by atoms with Gasteiger partial charge < -0.3 is 19.6 Å². The first kappa shape index (κ1) is 85.3. The van der Waals surface area contributed by atoms with E-state index in [1.807, 2.05) is 34.1 Å². The average Bonchev–Trinajstić information content (AvgIpc) is 3.84. The van der Waals surface area contributed by atoms with Gasteiger partial charge in [-0.1, -0.05) is 105 Å². The molecule has 0 saturated carbocycles. The predicted octanol–water partition coefficient (Wildman–Crippen LogP) is 20.2. The molecule has 4 nitrogen and oxygen atoms in total. The summed E-state index contributed by atoms with van der Waals surface area (Å²) in [7, 11) is -42.6. The molecule has 0 spiro atoms. The molecule has 0 aromatic carbocycles. The Morgan fingerprint density at radius 3 is 0.600 bits per heavy atom. The van der Waals surface area contributed by atoms with E-state index in [1.54, 1.807) is 9.80 Å². The van der Waals surface area contributed by atoms with Gasteiger partial charge in [-0.15, -0.1) is 0 Å². The monoisotopic (exact) mass is 1310 g/mol. The molecular weight excluding hydrogens is 1210 g/mol. The Kier molecular flexibility index (Phi) is 34.7. The molecule has 2 fully saturated rings.